The van der Waals surface area contributed by atoms with E-state index in [4.69, 9.17) is 28.3 Å². The van der Waals surface area contributed by atoms with Crippen molar-refractivity contribution in [3.8, 4) is 0 Å². The molecule has 0 bridgehead atoms. The Hall–Kier alpha value is -2.50. The predicted octanol–water partition coefficient (Wildman–Crippen LogP) is 4.39. The normalized spacial score (nSPS) is 10.9. The monoisotopic (exact) mass is 363 g/mol. The van der Waals surface area contributed by atoms with Gasteiger partial charge in [-0.15, -0.1) is 0 Å². The summed E-state index contributed by atoms with van der Waals surface area (Å²) >= 11 is 11.9. The molecule has 0 saturated heterocycles. The van der Waals surface area contributed by atoms with Crippen LogP contribution in [0.4, 0.5) is 0 Å². The third kappa shape index (κ3) is 2.96. The zero-order chi connectivity index (χ0) is 17.4. The molecule has 0 unspecified atom stereocenters. The summed E-state index contributed by atoms with van der Waals surface area (Å²) in [5, 5.41) is 19.8. The molecule has 24 heavy (non-hydrogen) atoms. The van der Waals surface area contributed by atoms with Crippen molar-refractivity contribution in [1.29, 1.82) is 0 Å². The van der Waals surface area contributed by atoms with Crippen LogP contribution < -0.4 is 0 Å². The minimum Gasteiger partial charge on any atom is -0.478 e. The first-order valence-electron chi connectivity index (χ1n) is 6.90. The fraction of sp³-hybridized carbons (Fsp3) is 0.0588. The van der Waals surface area contributed by atoms with Crippen LogP contribution in [0.3, 0.4) is 0 Å². The number of carboxylic acid groups (broad SMARTS) is 2. The molecule has 0 radical (unpaired) electrons. The molecule has 122 valence electrons. The van der Waals surface area contributed by atoms with Gasteiger partial charge in [0.2, 0.25) is 0 Å². The molecule has 1 aromatic heterocycles. The molecule has 2 N–H and O–H groups in total. The minimum absolute atomic E-state index is 0.0907. The second-order valence-corrected chi connectivity index (χ2v) is 6.08. The van der Waals surface area contributed by atoms with E-state index in [1.807, 2.05) is 0 Å². The topological polar surface area (TPSA) is 79.5 Å². The first-order valence-corrected chi connectivity index (χ1v) is 7.66. The van der Waals surface area contributed by atoms with Gasteiger partial charge in [0.1, 0.15) is 0 Å². The molecule has 0 spiro atoms. The van der Waals surface area contributed by atoms with E-state index in [0.717, 1.165) is 5.56 Å². The van der Waals surface area contributed by atoms with E-state index in [1.165, 1.54) is 24.4 Å². The molecule has 0 atom stereocenters. The van der Waals surface area contributed by atoms with Crippen LogP contribution in [0.1, 0.15) is 26.3 Å². The lowest BCUT2D eigenvalue weighted by Crippen LogP contribution is -2.00. The van der Waals surface area contributed by atoms with Crippen LogP contribution in [-0.2, 0) is 6.54 Å². The molecule has 0 aliphatic carbocycles. The van der Waals surface area contributed by atoms with Crippen molar-refractivity contribution in [3.63, 3.8) is 0 Å². The number of nitrogens with zero attached hydrogens (tertiary/aromatic N) is 1. The maximum absolute atomic E-state index is 11.4. The van der Waals surface area contributed by atoms with E-state index in [0.29, 0.717) is 27.5 Å². The van der Waals surface area contributed by atoms with Crippen LogP contribution in [0.25, 0.3) is 10.9 Å². The number of benzene rings is 2. The summed E-state index contributed by atoms with van der Waals surface area (Å²) < 4.78 is 1.69. The summed E-state index contributed by atoms with van der Waals surface area (Å²) in [5.74, 6) is -2.15. The average molecular weight is 364 g/mol. The SMILES string of the molecule is O=C(O)c1ccc2c(C(=O)O)cn(Cc3ccc(Cl)c(Cl)c3)c2c1. The van der Waals surface area contributed by atoms with Crippen LogP contribution in [0, 0.1) is 0 Å². The van der Waals surface area contributed by atoms with E-state index in [1.54, 1.807) is 22.8 Å². The zero-order valence-electron chi connectivity index (χ0n) is 12.2. The Kier molecular flexibility index (Phi) is 4.22. The Bertz CT molecular complexity index is 978. The number of aromatic nitrogens is 1. The molecule has 5 nitrogen and oxygen atoms in total. The van der Waals surface area contributed by atoms with Gasteiger partial charge in [-0.1, -0.05) is 35.3 Å². The number of halogens is 2. The summed E-state index contributed by atoms with van der Waals surface area (Å²) in [5.41, 5.74) is 1.55. The molecule has 0 aliphatic heterocycles. The Morgan fingerprint density at radius 1 is 0.958 bits per heavy atom. The zero-order valence-corrected chi connectivity index (χ0v) is 13.7. The predicted molar refractivity (Wildman–Crippen MR) is 91.4 cm³/mol. The summed E-state index contributed by atoms with van der Waals surface area (Å²) in [7, 11) is 0. The number of aromatic carboxylic acids is 2. The largest absolute Gasteiger partial charge is 0.478 e. The Labute approximate surface area is 146 Å². The number of carboxylic acids is 2. The second-order valence-electron chi connectivity index (χ2n) is 5.26. The van der Waals surface area contributed by atoms with Crippen molar-refractivity contribution in [3.05, 3.63) is 69.3 Å². The van der Waals surface area contributed by atoms with Crippen LogP contribution in [0.2, 0.25) is 10.0 Å². The lowest BCUT2D eigenvalue weighted by molar-refractivity contribution is 0.0687. The lowest BCUT2D eigenvalue weighted by atomic mass is 10.1. The van der Waals surface area contributed by atoms with Gasteiger partial charge in [0.05, 0.1) is 26.7 Å². The molecule has 7 heteroatoms. The Morgan fingerprint density at radius 2 is 1.71 bits per heavy atom. The Morgan fingerprint density at radius 3 is 2.33 bits per heavy atom. The molecule has 0 aliphatic rings. The first kappa shape index (κ1) is 16.4. The maximum atomic E-state index is 11.4. The molecular formula is C17H11Cl2NO4. The van der Waals surface area contributed by atoms with Gasteiger partial charge >= 0.3 is 11.9 Å². The smallest absolute Gasteiger partial charge is 0.337 e. The molecular weight excluding hydrogens is 353 g/mol. The first-order chi connectivity index (χ1) is 11.4. The highest BCUT2D eigenvalue weighted by atomic mass is 35.5. The van der Waals surface area contributed by atoms with E-state index in [2.05, 4.69) is 0 Å². The second kappa shape index (κ2) is 6.19. The van der Waals surface area contributed by atoms with Crippen molar-refractivity contribution in [2.24, 2.45) is 0 Å². The molecule has 0 saturated carbocycles. The molecule has 0 fully saturated rings. The maximum Gasteiger partial charge on any atom is 0.337 e. The van der Waals surface area contributed by atoms with Crippen molar-refractivity contribution >= 4 is 46.0 Å². The highest BCUT2D eigenvalue weighted by molar-refractivity contribution is 6.42. The van der Waals surface area contributed by atoms with Crippen LogP contribution in [-0.4, -0.2) is 26.7 Å². The van der Waals surface area contributed by atoms with Gasteiger partial charge in [0, 0.05) is 18.1 Å². The summed E-state index contributed by atoms with van der Waals surface area (Å²) in [6.07, 6.45) is 1.49. The van der Waals surface area contributed by atoms with E-state index in [9.17, 15) is 14.7 Å². The summed E-state index contributed by atoms with van der Waals surface area (Å²) in [6, 6.07) is 9.49. The van der Waals surface area contributed by atoms with Gasteiger partial charge in [-0.3, -0.25) is 0 Å². The molecule has 3 rings (SSSR count). The highest BCUT2D eigenvalue weighted by Gasteiger charge is 2.16. The number of carbonyl (C=O) groups is 2. The molecule has 0 amide bonds. The van der Waals surface area contributed by atoms with Gasteiger partial charge in [-0.2, -0.15) is 0 Å². The van der Waals surface area contributed by atoms with E-state index >= 15 is 0 Å². The van der Waals surface area contributed by atoms with Crippen molar-refractivity contribution in [2.45, 2.75) is 6.54 Å². The molecule has 1 heterocycles. The van der Waals surface area contributed by atoms with Gasteiger partial charge in [-0.05, 0) is 29.8 Å². The van der Waals surface area contributed by atoms with Crippen LogP contribution in [0.15, 0.2) is 42.6 Å². The average Bonchev–Trinajstić information content (AvgIpc) is 2.89. The van der Waals surface area contributed by atoms with Gasteiger partial charge in [0.15, 0.2) is 0 Å². The summed E-state index contributed by atoms with van der Waals surface area (Å²) in [4.78, 5) is 22.6. The Balaban J connectivity index is 2.14. The highest BCUT2D eigenvalue weighted by Crippen LogP contribution is 2.26. The summed E-state index contributed by atoms with van der Waals surface area (Å²) in [6.45, 7) is 0.337. The van der Waals surface area contributed by atoms with Crippen LogP contribution in [0.5, 0.6) is 0 Å². The van der Waals surface area contributed by atoms with E-state index < -0.39 is 11.9 Å². The third-order valence-electron chi connectivity index (χ3n) is 3.70. The lowest BCUT2D eigenvalue weighted by Gasteiger charge is -2.07. The fourth-order valence-corrected chi connectivity index (χ4v) is 2.88. The van der Waals surface area contributed by atoms with E-state index in [-0.39, 0.29) is 11.1 Å². The molecule has 2 aromatic carbocycles. The standard InChI is InChI=1S/C17H11Cl2NO4/c18-13-4-1-9(5-14(13)19)7-20-8-12(17(23)24)11-3-2-10(16(21)22)6-15(11)20/h1-6,8H,7H2,(H,21,22)(H,23,24). The number of hydrogen-bond donors (Lipinski definition) is 2. The third-order valence-corrected chi connectivity index (χ3v) is 4.44. The van der Waals surface area contributed by atoms with Gasteiger partial charge < -0.3 is 14.8 Å². The number of hydrogen-bond acceptors (Lipinski definition) is 2. The van der Waals surface area contributed by atoms with Gasteiger partial charge in [-0.25, -0.2) is 9.59 Å². The van der Waals surface area contributed by atoms with Crippen LogP contribution >= 0.6 is 23.2 Å². The minimum atomic E-state index is -1.07. The quantitative estimate of drug-likeness (QED) is 0.720. The number of fused-ring (bicyclic) bond motifs is 1. The van der Waals surface area contributed by atoms with Crippen molar-refractivity contribution < 1.29 is 19.8 Å². The van der Waals surface area contributed by atoms with Gasteiger partial charge in [0.25, 0.3) is 0 Å². The fourth-order valence-electron chi connectivity index (χ4n) is 2.56. The van der Waals surface area contributed by atoms with Crippen molar-refractivity contribution in [1.82, 2.24) is 4.57 Å². The van der Waals surface area contributed by atoms with Crippen molar-refractivity contribution in [2.75, 3.05) is 0 Å². The number of rotatable bonds is 4. The molecule has 3 aromatic rings.